The molecule has 2 aromatic carbocycles. The smallest absolute Gasteiger partial charge is 0.241 e. The quantitative estimate of drug-likeness (QED) is 0.867. The highest BCUT2D eigenvalue weighted by Crippen LogP contribution is 2.20. The van der Waals surface area contributed by atoms with E-state index in [9.17, 15) is 4.79 Å². The van der Waals surface area contributed by atoms with Crippen LogP contribution in [0.25, 0.3) is 0 Å². The van der Waals surface area contributed by atoms with E-state index in [0.717, 1.165) is 22.1 Å². The molecule has 0 aromatic heterocycles. The highest BCUT2D eigenvalue weighted by molar-refractivity contribution is 9.10. The SMILES string of the molecule is Cc1ccc(NC(=O)C(N)CCc2ccccc2)cc1Br. The van der Waals surface area contributed by atoms with Crippen LogP contribution in [0.2, 0.25) is 0 Å². The van der Waals surface area contributed by atoms with Gasteiger partial charge in [-0.15, -0.1) is 0 Å². The first-order valence-electron chi connectivity index (χ1n) is 6.93. The zero-order valence-electron chi connectivity index (χ0n) is 12.0. The van der Waals surface area contributed by atoms with Gasteiger partial charge in [-0.25, -0.2) is 0 Å². The molecule has 0 aliphatic carbocycles. The zero-order chi connectivity index (χ0) is 15.2. The lowest BCUT2D eigenvalue weighted by Gasteiger charge is -2.13. The molecule has 0 heterocycles. The van der Waals surface area contributed by atoms with Crippen LogP contribution in [0.15, 0.2) is 53.0 Å². The average molecular weight is 347 g/mol. The third-order valence-electron chi connectivity index (χ3n) is 3.36. The van der Waals surface area contributed by atoms with E-state index in [1.807, 2.05) is 55.5 Å². The van der Waals surface area contributed by atoms with Gasteiger partial charge in [-0.1, -0.05) is 52.3 Å². The van der Waals surface area contributed by atoms with Crippen molar-refractivity contribution in [2.24, 2.45) is 5.73 Å². The molecule has 1 atom stereocenters. The van der Waals surface area contributed by atoms with Crippen LogP contribution in [0, 0.1) is 6.92 Å². The number of carbonyl (C=O) groups excluding carboxylic acids is 1. The minimum atomic E-state index is -0.509. The summed E-state index contributed by atoms with van der Waals surface area (Å²) in [6.45, 7) is 2.00. The molecule has 1 amide bonds. The van der Waals surface area contributed by atoms with Gasteiger partial charge in [0.05, 0.1) is 6.04 Å². The Balaban J connectivity index is 1.89. The van der Waals surface area contributed by atoms with Gasteiger partial charge in [-0.2, -0.15) is 0 Å². The van der Waals surface area contributed by atoms with Crippen molar-refractivity contribution in [3.63, 3.8) is 0 Å². The van der Waals surface area contributed by atoms with Crippen molar-refractivity contribution in [3.05, 3.63) is 64.1 Å². The van der Waals surface area contributed by atoms with E-state index in [1.54, 1.807) is 0 Å². The number of nitrogens with two attached hydrogens (primary N) is 1. The molecular formula is C17H19BrN2O. The summed E-state index contributed by atoms with van der Waals surface area (Å²) in [6, 6.07) is 15.3. The van der Waals surface area contributed by atoms with E-state index >= 15 is 0 Å². The van der Waals surface area contributed by atoms with Crippen LogP contribution in [0.5, 0.6) is 0 Å². The summed E-state index contributed by atoms with van der Waals surface area (Å²) in [4.78, 5) is 12.1. The van der Waals surface area contributed by atoms with Crippen molar-refractivity contribution in [1.82, 2.24) is 0 Å². The molecule has 0 spiro atoms. The lowest BCUT2D eigenvalue weighted by atomic mass is 10.1. The number of halogens is 1. The van der Waals surface area contributed by atoms with Crippen LogP contribution in [0.1, 0.15) is 17.5 Å². The first kappa shape index (κ1) is 15.7. The number of hydrogen-bond donors (Lipinski definition) is 2. The normalized spacial score (nSPS) is 12.0. The summed E-state index contributed by atoms with van der Waals surface area (Å²) in [5.74, 6) is -0.151. The molecule has 4 heteroatoms. The Morgan fingerprint density at radius 3 is 2.62 bits per heavy atom. The average Bonchev–Trinajstić information content (AvgIpc) is 2.49. The summed E-state index contributed by atoms with van der Waals surface area (Å²) >= 11 is 3.45. The van der Waals surface area contributed by atoms with Crippen molar-refractivity contribution in [2.75, 3.05) is 5.32 Å². The van der Waals surface area contributed by atoms with Gasteiger partial charge >= 0.3 is 0 Å². The summed E-state index contributed by atoms with van der Waals surface area (Å²) in [5, 5.41) is 2.85. The number of anilines is 1. The predicted octanol–water partition coefficient (Wildman–Crippen LogP) is 3.66. The van der Waals surface area contributed by atoms with Crippen LogP contribution in [0.3, 0.4) is 0 Å². The summed E-state index contributed by atoms with van der Waals surface area (Å²) in [7, 11) is 0. The van der Waals surface area contributed by atoms with Gasteiger partial charge < -0.3 is 11.1 Å². The molecule has 2 rings (SSSR count). The molecule has 0 fully saturated rings. The second-order valence-electron chi connectivity index (χ2n) is 5.08. The van der Waals surface area contributed by atoms with E-state index in [4.69, 9.17) is 5.73 Å². The third-order valence-corrected chi connectivity index (χ3v) is 4.22. The molecular weight excluding hydrogens is 328 g/mol. The fourth-order valence-electron chi connectivity index (χ4n) is 2.00. The second-order valence-corrected chi connectivity index (χ2v) is 5.94. The maximum absolute atomic E-state index is 12.1. The Kier molecular flexibility index (Phi) is 5.53. The highest BCUT2D eigenvalue weighted by Gasteiger charge is 2.13. The van der Waals surface area contributed by atoms with Gasteiger partial charge in [0.25, 0.3) is 0 Å². The summed E-state index contributed by atoms with van der Waals surface area (Å²) < 4.78 is 0.971. The monoisotopic (exact) mass is 346 g/mol. The standard InChI is InChI=1S/C17H19BrN2O/c1-12-7-9-14(11-15(12)18)20-17(21)16(19)10-8-13-5-3-2-4-6-13/h2-7,9,11,16H,8,10,19H2,1H3,(H,20,21). The fraction of sp³-hybridized carbons (Fsp3) is 0.235. The molecule has 0 aliphatic rings. The maximum Gasteiger partial charge on any atom is 0.241 e. The van der Waals surface area contributed by atoms with Gasteiger partial charge in [0, 0.05) is 10.2 Å². The first-order chi connectivity index (χ1) is 10.1. The van der Waals surface area contributed by atoms with Crippen molar-refractivity contribution >= 4 is 27.5 Å². The van der Waals surface area contributed by atoms with E-state index in [2.05, 4.69) is 21.2 Å². The van der Waals surface area contributed by atoms with E-state index in [0.29, 0.717) is 6.42 Å². The van der Waals surface area contributed by atoms with Crippen molar-refractivity contribution in [1.29, 1.82) is 0 Å². The number of hydrogen-bond acceptors (Lipinski definition) is 2. The number of amides is 1. The minimum absolute atomic E-state index is 0.151. The number of aryl methyl sites for hydroxylation is 2. The van der Waals surface area contributed by atoms with Crippen molar-refractivity contribution < 1.29 is 4.79 Å². The molecule has 0 saturated carbocycles. The lowest BCUT2D eigenvalue weighted by Crippen LogP contribution is -2.36. The Bertz CT molecular complexity index is 613. The Hall–Kier alpha value is -1.65. The Labute approximate surface area is 133 Å². The second kappa shape index (κ2) is 7.38. The molecule has 2 aromatic rings. The van der Waals surface area contributed by atoms with Gasteiger partial charge in [-0.05, 0) is 43.0 Å². The molecule has 110 valence electrons. The molecule has 0 saturated heterocycles. The van der Waals surface area contributed by atoms with Crippen LogP contribution in [-0.4, -0.2) is 11.9 Å². The molecule has 3 N–H and O–H groups in total. The van der Waals surface area contributed by atoms with Crippen molar-refractivity contribution in [2.45, 2.75) is 25.8 Å². The largest absolute Gasteiger partial charge is 0.325 e. The summed E-state index contributed by atoms with van der Waals surface area (Å²) in [6.07, 6.45) is 1.43. The topological polar surface area (TPSA) is 55.1 Å². The van der Waals surface area contributed by atoms with Crippen LogP contribution >= 0.6 is 15.9 Å². The fourth-order valence-corrected chi connectivity index (χ4v) is 2.38. The molecule has 21 heavy (non-hydrogen) atoms. The number of benzene rings is 2. The van der Waals surface area contributed by atoms with Crippen LogP contribution < -0.4 is 11.1 Å². The minimum Gasteiger partial charge on any atom is -0.325 e. The molecule has 1 unspecified atom stereocenters. The van der Waals surface area contributed by atoms with Gasteiger partial charge in [0.1, 0.15) is 0 Å². The number of nitrogens with one attached hydrogen (secondary N) is 1. The lowest BCUT2D eigenvalue weighted by molar-refractivity contribution is -0.117. The predicted molar refractivity (Wildman–Crippen MR) is 90.2 cm³/mol. The molecule has 0 radical (unpaired) electrons. The van der Waals surface area contributed by atoms with Crippen molar-refractivity contribution in [3.8, 4) is 0 Å². The van der Waals surface area contributed by atoms with Gasteiger partial charge in [0.15, 0.2) is 0 Å². The Morgan fingerprint density at radius 2 is 1.95 bits per heavy atom. The van der Waals surface area contributed by atoms with Crippen LogP contribution in [-0.2, 0) is 11.2 Å². The van der Waals surface area contributed by atoms with E-state index in [-0.39, 0.29) is 5.91 Å². The third kappa shape index (κ3) is 4.69. The molecule has 3 nitrogen and oxygen atoms in total. The van der Waals surface area contributed by atoms with E-state index in [1.165, 1.54) is 5.56 Å². The Morgan fingerprint density at radius 1 is 1.24 bits per heavy atom. The van der Waals surface area contributed by atoms with Gasteiger partial charge in [-0.3, -0.25) is 4.79 Å². The first-order valence-corrected chi connectivity index (χ1v) is 7.72. The maximum atomic E-state index is 12.1. The van der Waals surface area contributed by atoms with Gasteiger partial charge in [0.2, 0.25) is 5.91 Å². The zero-order valence-corrected chi connectivity index (χ0v) is 13.6. The molecule has 0 bridgehead atoms. The highest BCUT2D eigenvalue weighted by atomic mass is 79.9. The molecule has 0 aliphatic heterocycles. The van der Waals surface area contributed by atoms with E-state index < -0.39 is 6.04 Å². The van der Waals surface area contributed by atoms with Crippen LogP contribution in [0.4, 0.5) is 5.69 Å². The number of carbonyl (C=O) groups is 1. The summed E-state index contributed by atoms with van der Waals surface area (Å²) in [5.41, 5.74) is 9.03. The number of rotatable bonds is 5.